The Morgan fingerprint density at radius 3 is 2.27 bits per heavy atom. The lowest BCUT2D eigenvalue weighted by Crippen LogP contribution is -2.37. The van der Waals surface area contributed by atoms with Crippen molar-refractivity contribution in [1.82, 2.24) is 4.90 Å². The molecule has 63 valence electrons. The van der Waals surface area contributed by atoms with Crippen LogP contribution in [0.4, 0.5) is 13.2 Å². The van der Waals surface area contributed by atoms with E-state index in [4.69, 9.17) is 0 Å². The van der Waals surface area contributed by atoms with Crippen molar-refractivity contribution in [2.45, 2.75) is 6.18 Å². The molecule has 3 nitrogen and oxygen atoms in total. The number of carbonyl (C=O) groups is 2. The van der Waals surface area contributed by atoms with Gasteiger partial charge in [-0.25, -0.2) is 0 Å². The van der Waals surface area contributed by atoms with Crippen molar-refractivity contribution in [2.24, 2.45) is 0 Å². The highest BCUT2D eigenvalue weighted by Gasteiger charge is 2.40. The van der Waals surface area contributed by atoms with Crippen molar-refractivity contribution in [3.05, 3.63) is 7.05 Å². The van der Waals surface area contributed by atoms with Gasteiger partial charge in [-0.3, -0.25) is 4.79 Å². The molecule has 0 atom stereocenters. The smallest absolute Gasteiger partial charge is 0.326 e. The Labute approximate surface area is 60.8 Å². The Morgan fingerprint density at radius 1 is 1.55 bits per heavy atom. The quantitative estimate of drug-likeness (QED) is 0.558. The second-order valence-electron chi connectivity index (χ2n) is 1.69. The molecule has 0 rings (SSSR count). The number of nitrogens with zero attached hydrogens (tertiary/aromatic N) is 1. The van der Waals surface area contributed by atoms with E-state index in [0.29, 0.717) is 0 Å². The third-order valence-electron chi connectivity index (χ3n) is 0.825. The van der Waals surface area contributed by atoms with Crippen LogP contribution in [0, 0.1) is 7.05 Å². The standard InChI is InChI=1S/C5H5F3NO2/c1-9(2-3-10)4(11)5(6,7)8/h3H,1-2H2. The number of hydrogen-bond donors (Lipinski definition) is 0. The van der Waals surface area contributed by atoms with E-state index < -0.39 is 18.6 Å². The summed E-state index contributed by atoms with van der Waals surface area (Å²) < 4.78 is 34.4. The Kier molecular flexibility index (Phi) is 3.03. The highest BCUT2D eigenvalue weighted by Crippen LogP contribution is 2.17. The molecule has 0 unspecified atom stereocenters. The molecule has 1 radical (unpaired) electrons. The largest absolute Gasteiger partial charge is 0.471 e. The highest BCUT2D eigenvalue weighted by atomic mass is 19.4. The van der Waals surface area contributed by atoms with E-state index >= 15 is 0 Å². The number of halogens is 3. The number of rotatable bonds is 2. The molecule has 0 N–H and O–H groups in total. The summed E-state index contributed by atoms with van der Waals surface area (Å²) in [5.74, 6) is -2.12. The minimum absolute atomic E-state index is 0.0486. The second kappa shape index (κ2) is 3.36. The molecule has 0 bridgehead atoms. The van der Waals surface area contributed by atoms with Crippen LogP contribution in [0.25, 0.3) is 0 Å². The molecule has 0 heterocycles. The molecular weight excluding hydrogens is 163 g/mol. The van der Waals surface area contributed by atoms with Crippen LogP contribution in [0.1, 0.15) is 0 Å². The average molecular weight is 168 g/mol. The van der Waals surface area contributed by atoms with E-state index in [2.05, 4.69) is 7.05 Å². The van der Waals surface area contributed by atoms with E-state index in [1.54, 1.807) is 0 Å². The van der Waals surface area contributed by atoms with Crippen LogP contribution in [0.3, 0.4) is 0 Å². The van der Waals surface area contributed by atoms with Gasteiger partial charge in [0.25, 0.3) is 0 Å². The molecule has 6 heteroatoms. The number of hydrogen-bond acceptors (Lipinski definition) is 2. The molecule has 11 heavy (non-hydrogen) atoms. The van der Waals surface area contributed by atoms with Crippen molar-refractivity contribution in [1.29, 1.82) is 0 Å². The van der Waals surface area contributed by atoms with Gasteiger partial charge in [0.2, 0.25) is 0 Å². The fourth-order valence-electron chi connectivity index (χ4n) is 0.352. The van der Waals surface area contributed by atoms with Crippen LogP contribution in [0.15, 0.2) is 0 Å². The van der Waals surface area contributed by atoms with Crippen molar-refractivity contribution < 1.29 is 22.8 Å². The number of carbonyl (C=O) groups excluding carboxylic acids is 2. The first-order chi connectivity index (χ1) is 4.89. The number of aldehydes is 1. The van der Waals surface area contributed by atoms with E-state index in [-0.39, 0.29) is 11.2 Å². The molecule has 0 aliphatic carbocycles. The van der Waals surface area contributed by atoms with Crippen molar-refractivity contribution in [3.8, 4) is 0 Å². The van der Waals surface area contributed by atoms with E-state index in [9.17, 15) is 22.8 Å². The molecule has 0 aromatic heterocycles. The van der Waals surface area contributed by atoms with Crippen LogP contribution in [-0.2, 0) is 9.59 Å². The Hall–Kier alpha value is -1.07. The zero-order chi connectivity index (χ0) is 9.07. The first-order valence-electron chi connectivity index (χ1n) is 2.52. The molecule has 0 saturated heterocycles. The number of amides is 1. The third-order valence-corrected chi connectivity index (χ3v) is 0.825. The van der Waals surface area contributed by atoms with Gasteiger partial charge in [-0.1, -0.05) is 0 Å². The SMILES string of the molecule is [CH2]N(CC=O)C(=O)C(F)(F)F. The maximum Gasteiger partial charge on any atom is 0.471 e. The van der Waals surface area contributed by atoms with E-state index in [1.807, 2.05) is 0 Å². The average Bonchev–Trinajstić information content (AvgIpc) is 1.85. The Morgan fingerprint density at radius 2 is 2.00 bits per heavy atom. The molecule has 0 saturated carbocycles. The van der Waals surface area contributed by atoms with Gasteiger partial charge in [0.05, 0.1) is 6.54 Å². The van der Waals surface area contributed by atoms with Crippen molar-refractivity contribution >= 4 is 12.2 Å². The predicted molar refractivity (Wildman–Crippen MR) is 29.2 cm³/mol. The molecule has 0 aliphatic rings. The third kappa shape index (κ3) is 3.01. The molecule has 0 aromatic rings. The van der Waals surface area contributed by atoms with Gasteiger partial charge in [-0.05, 0) is 0 Å². The molecule has 0 aromatic carbocycles. The summed E-state index contributed by atoms with van der Waals surface area (Å²) >= 11 is 0. The fraction of sp³-hybridized carbons (Fsp3) is 0.400. The van der Waals surface area contributed by atoms with Gasteiger partial charge in [-0.15, -0.1) is 0 Å². The van der Waals surface area contributed by atoms with E-state index in [1.165, 1.54) is 0 Å². The minimum atomic E-state index is -4.95. The van der Waals surface area contributed by atoms with Crippen LogP contribution in [0.2, 0.25) is 0 Å². The second-order valence-corrected chi connectivity index (χ2v) is 1.69. The van der Waals surface area contributed by atoms with Crippen LogP contribution in [0.5, 0.6) is 0 Å². The van der Waals surface area contributed by atoms with Gasteiger partial charge in [0.1, 0.15) is 6.29 Å². The lowest BCUT2D eigenvalue weighted by molar-refractivity contribution is -0.182. The van der Waals surface area contributed by atoms with Crippen molar-refractivity contribution in [2.75, 3.05) is 6.54 Å². The molecular formula is C5H5F3NO2. The van der Waals surface area contributed by atoms with Gasteiger partial charge in [0.15, 0.2) is 0 Å². The Balaban J connectivity index is 4.13. The summed E-state index contributed by atoms with van der Waals surface area (Å²) in [6.07, 6.45) is -4.79. The highest BCUT2D eigenvalue weighted by molar-refractivity contribution is 5.83. The molecule has 0 aliphatic heterocycles. The summed E-state index contributed by atoms with van der Waals surface area (Å²) in [5, 5.41) is 0. The molecule has 0 fully saturated rings. The normalized spacial score (nSPS) is 10.9. The van der Waals surface area contributed by atoms with Gasteiger partial charge < -0.3 is 9.69 Å². The van der Waals surface area contributed by atoms with Crippen LogP contribution in [-0.4, -0.2) is 29.8 Å². The van der Waals surface area contributed by atoms with Crippen LogP contribution >= 0.6 is 0 Å². The monoisotopic (exact) mass is 168 g/mol. The lowest BCUT2D eigenvalue weighted by Gasteiger charge is -2.14. The van der Waals surface area contributed by atoms with Crippen LogP contribution < -0.4 is 0 Å². The maximum atomic E-state index is 11.5. The summed E-state index contributed by atoms with van der Waals surface area (Å²) in [5.41, 5.74) is 0. The maximum absolute atomic E-state index is 11.5. The summed E-state index contributed by atoms with van der Waals surface area (Å²) in [6.45, 7) is -0.654. The lowest BCUT2D eigenvalue weighted by atomic mass is 10.5. The summed E-state index contributed by atoms with van der Waals surface area (Å²) in [6, 6.07) is 0. The first-order valence-corrected chi connectivity index (χ1v) is 2.52. The summed E-state index contributed by atoms with van der Waals surface area (Å²) in [7, 11) is 2.73. The van der Waals surface area contributed by atoms with E-state index in [0.717, 1.165) is 0 Å². The zero-order valence-electron chi connectivity index (χ0n) is 5.39. The minimum Gasteiger partial charge on any atom is -0.326 e. The van der Waals surface area contributed by atoms with Gasteiger partial charge in [-0.2, -0.15) is 13.2 Å². The first kappa shape index (κ1) is 9.93. The van der Waals surface area contributed by atoms with Gasteiger partial charge in [0, 0.05) is 7.05 Å². The number of alkyl halides is 3. The zero-order valence-corrected chi connectivity index (χ0v) is 5.39. The predicted octanol–water partition coefficient (Wildman–Crippen LogP) is 0.368. The van der Waals surface area contributed by atoms with Crippen molar-refractivity contribution in [3.63, 3.8) is 0 Å². The van der Waals surface area contributed by atoms with Gasteiger partial charge >= 0.3 is 12.1 Å². The Bertz CT molecular complexity index is 166. The fourth-order valence-corrected chi connectivity index (χ4v) is 0.352. The summed E-state index contributed by atoms with van der Waals surface area (Å²) in [4.78, 5) is 19.8. The topological polar surface area (TPSA) is 37.4 Å². The molecule has 1 amide bonds. The molecule has 0 spiro atoms.